The molecule has 1 saturated heterocycles. The summed E-state index contributed by atoms with van der Waals surface area (Å²) in [6, 6.07) is 1.39. The van der Waals surface area contributed by atoms with Crippen LogP contribution >= 0.6 is 0 Å². The molecule has 0 spiro atoms. The Balaban J connectivity index is 1.63. The first kappa shape index (κ1) is 15.8. The van der Waals surface area contributed by atoms with E-state index >= 15 is 0 Å². The highest BCUT2D eigenvalue weighted by atomic mass is 16.3. The molecule has 0 amide bonds. The minimum Gasteiger partial charge on any atom is -0.394 e. The predicted octanol–water partition coefficient (Wildman–Crippen LogP) is 2.92. The van der Waals surface area contributed by atoms with Crippen molar-refractivity contribution in [3.8, 4) is 0 Å². The highest BCUT2D eigenvalue weighted by Gasteiger charge is 2.44. The van der Waals surface area contributed by atoms with Crippen molar-refractivity contribution in [2.45, 2.75) is 89.3 Å². The van der Waals surface area contributed by atoms with Crippen LogP contribution in [0.2, 0.25) is 0 Å². The molecule has 1 aliphatic heterocycles. The van der Waals surface area contributed by atoms with E-state index in [0.29, 0.717) is 24.1 Å². The Morgan fingerprint density at radius 1 is 1.14 bits per heavy atom. The lowest BCUT2D eigenvalue weighted by atomic mass is 9.78. The number of nitrogens with zero attached hydrogens (tertiary/aromatic N) is 1. The summed E-state index contributed by atoms with van der Waals surface area (Å²) in [5.41, 5.74) is 0.594. The quantitative estimate of drug-likeness (QED) is 0.790. The van der Waals surface area contributed by atoms with Crippen LogP contribution in [0.3, 0.4) is 0 Å². The van der Waals surface area contributed by atoms with Crippen molar-refractivity contribution in [1.82, 2.24) is 10.2 Å². The van der Waals surface area contributed by atoms with Crippen LogP contribution in [0.15, 0.2) is 0 Å². The second-order valence-electron chi connectivity index (χ2n) is 8.03. The molecule has 0 bridgehead atoms. The van der Waals surface area contributed by atoms with Crippen LogP contribution in [0, 0.1) is 5.41 Å². The molecule has 2 unspecified atom stereocenters. The van der Waals surface area contributed by atoms with Gasteiger partial charge in [-0.1, -0.05) is 13.8 Å². The van der Waals surface area contributed by atoms with Crippen molar-refractivity contribution in [2.75, 3.05) is 19.7 Å². The van der Waals surface area contributed by atoms with E-state index in [9.17, 15) is 5.11 Å². The van der Waals surface area contributed by atoms with Crippen molar-refractivity contribution in [3.05, 3.63) is 0 Å². The molecule has 0 radical (unpaired) electrons. The van der Waals surface area contributed by atoms with E-state index in [1.165, 1.54) is 58.0 Å². The maximum atomic E-state index is 9.99. The molecular formula is C18H34N2O. The van der Waals surface area contributed by atoms with E-state index in [4.69, 9.17) is 0 Å². The molecule has 0 aromatic rings. The van der Waals surface area contributed by atoms with Crippen molar-refractivity contribution in [1.29, 1.82) is 0 Å². The van der Waals surface area contributed by atoms with Crippen molar-refractivity contribution >= 4 is 0 Å². The van der Waals surface area contributed by atoms with Crippen molar-refractivity contribution in [3.63, 3.8) is 0 Å². The standard InChI is InChI=1S/C18H34N2O/c1-3-17(4-2)10-11-20(13-17)16-6-5-9-18(12-16,14-21)19-15-7-8-15/h15-16,19,21H,3-14H2,1-2H3. The largest absolute Gasteiger partial charge is 0.394 e. The van der Waals surface area contributed by atoms with Crippen LogP contribution in [0.25, 0.3) is 0 Å². The highest BCUT2D eigenvalue weighted by Crippen LogP contribution is 2.41. The maximum Gasteiger partial charge on any atom is 0.0613 e. The molecule has 3 aliphatic rings. The third kappa shape index (κ3) is 3.30. The summed E-state index contributed by atoms with van der Waals surface area (Å²) in [6.45, 7) is 7.61. The fourth-order valence-corrected chi connectivity index (χ4v) is 4.73. The molecule has 2 N–H and O–H groups in total. The molecule has 3 fully saturated rings. The van der Waals surface area contributed by atoms with E-state index in [1.54, 1.807) is 0 Å². The predicted molar refractivity (Wildman–Crippen MR) is 87.4 cm³/mol. The molecule has 0 aromatic carbocycles. The molecule has 3 rings (SSSR count). The zero-order valence-corrected chi connectivity index (χ0v) is 14.0. The number of likely N-dealkylation sites (tertiary alicyclic amines) is 1. The van der Waals surface area contributed by atoms with Crippen LogP contribution in [-0.2, 0) is 0 Å². The van der Waals surface area contributed by atoms with Gasteiger partial charge in [-0.15, -0.1) is 0 Å². The summed E-state index contributed by atoms with van der Waals surface area (Å²) in [7, 11) is 0. The van der Waals surface area contributed by atoms with Gasteiger partial charge < -0.3 is 10.4 Å². The van der Waals surface area contributed by atoms with Gasteiger partial charge in [0.2, 0.25) is 0 Å². The SMILES string of the molecule is CCC1(CC)CCN(C2CCCC(CO)(NC3CC3)C2)C1. The number of rotatable bonds is 6. The topological polar surface area (TPSA) is 35.5 Å². The summed E-state index contributed by atoms with van der Waals surface area (Å²) < 4.78 is 0. The zero-order valence-electron chi connectivity index (χ0n) is 14.0. The highest BCUT2D eigenvalue weighted by molar-refractivity contribution is 5.02. The van der Waals surface area contributed by atoms with E-state index < -0.39 is 0 Å². The van der Waals surface area contributed by atoms with Crippen molar-refractivity contribution < 1.29 is 5.11 Å². The summed E-state index contributed by atoms with van der Waals surface area (Å²) in [6.07, 6.45) is 11.6. The van der Waals surface area contributed by atoms with E-state index in [0.717, 1.165) is 12.8 Å². The number of aliphatic hydroxyl groups is 1. The van der Waals surface area contributed by atoms with E-state index in [-0.39, 0.29) is 5.54 Å². The van der Waals surface area contributed by atoms with Gasteiger partial charge in [-0.3, -0.25) is 4.90 Å². The van der Waals surface area contributed by atoms with Crippen LogP contribution in [-0.4, -0.2) is 47.3 Å². The van der Waals surface area contributed by atoms with Gasteiger partial charge in [0.05, 0.1) is 6.61 Å². The first-order valence-electron chi connectivity index (χ1n) is 9.27. The van der Waals surface area contributed by atoms with Gasteiger partial charge in [-0.2, -0.15) is 0 Å². The van der Waals surface area contributed by atoms with Crippen LogP contribution < -0.4 is 5.32 Å². The molecule has 3 heteroatoms. The Morgan fingerprint density at radius 2 is 1.90 bits per heavy atom. The zero-order chi connectivity index (χ0) is 14.9. The van der Waals surface area contributed by atoms with Crippen LogP contribution in [0.5, 0.6) is 0 Å². The van der Waals surface area contributed by atoms with Gasteiger partial charge in [0.15, 0.2) is 0 Å². The molecular weight excluding hydrogens is 260 g/mol. The van der Waals surface area contributed by atoms with Gasteiger partial charge in [-0.25, -0.2) is 0 Å². The van der Waals surface area contributed by atoms with E-state index in [1.807, 2.05) is 0 Å². The minimum atomic E-state index is 0.0216. The van der Waals surface area contributed by atoms with Gasteiger partial charge in [0.1, 0.15) is 0 Å². The molecule has 21 heavy (non-hydrogen) atoms. The third-order valence-corrected chi connectivity index (χ3v) is 6.69. The minimum absolute atomic E-state index is 0.0216. The smallest absolute Gasteiger partial charge is 0.0613 e. The van der Waals surface area contributed by atoms with Gasteiger partial charge >= 0.3 is 0 Å². The number of aliphatic hydroxyl groups excluding tert-OH is 1. The lowest BCUT2D eigenvalue weighted by Gasteiger charge is -2.44. The lowest BCUT2D eigenvalue weighted by molar-refractivity contribution is 0.0618. The molecule has 2 aliphatic carbocycles. The summed E-state index contributed by atoms with van der Waals surface area (Å²) >= 11 is 0. The summed E-state index contributed by atoms with van der Waals surface area (Å²) in [4.78, 5) is 2.76. The lowest BCUT2D eigenvalue weighted by Crippen LogP contribution is -2.56. The maximum absolute atomic E-state index is 9.99. The van der Waals surface area contributed by atoms with Crippen molar-refractivity contribution in [2.24, 2.45) is 5.41 Å². The first-order valence-corrected chi connectivity index (χ1v) is 9.27. The fraction of sp³-hybridized carbons (Fsp3) is 1.00. The third-order valence-electron chi connectivity index (χ3n) is 6.69. The number of hydrogen-bond acceptors (Lipinski definition) is 3. The molecule has 2 saturated carbocycles. The second-order valence-corrected chi connectivity index (χ2v) is 8.03. The Morgan fingerprint density at radius 3 is 2.48 bits per heavy atom. The normalized spacial score (nSPS) is 37.0. The first-order chi connectivity index (χ1) is 10.1. The molecule has 1 heterocycles. The van der Waals surface area contributed by atoms with Crippen LogP contribution in [0.4, 0.5) is 0 Å². The Kier molecular flexibility index (Phi) is 4.63. The molecule has 0 aromatic heterocycles. The fourth-order valence-electron chi connectivity index (χ4n) is 4.73. The molecule has 122 valence electrons. The average molecular weight is 294 g/mol. The monoisotopic (exact) mass is 294 g/mol. The van der Waals surface area contributed by atoms with Crippen LogP contribution in [0.1, 0.15) is 71.6 Å². The Hall–Kier alpha value is -0.120. The number of hydrogen-bond donors (Lipinski definition) is 2. The molecule has 2 atom stereocenters. The number of nitrogens with one attached hydrogen (secondary N) is 1. The Labute approximate surface area is 130 Å². The van der Waals surface area contributed by atoms with Gasteiger partial charge in [0.25, 0.3) is 0 Å². The average Bonchev–Trinajstić information content (AvgIpc) is 3.22. The Bertz CT molecular complexity index is 351. The van der Waals surface area contributed by atoms with Gasteiger partial charge in [-0.05, 0) is 69.7 Å². The van der Waals surface area contributed by atoms with Gasteiger partial charge in [0, 0.05) is 24.2 Å². The second kappa shape index (κ2) is 6.17. The summed E-state index contributed by atoms with van der Waals surface area (Å²) in [5, 5.41) is 13.8. The summed E-state index contributed by atoms with van der Waals surface area (Å²) in [5.74, 6) is 0. The van der Waals surface area contributed by atoms with E-state index in [2.05, 4.69) is 24.1 Å². The molecule has 3 nitrogen and oxygen atoms in total.